The maximum Gasteiger partial charge on any atom is 0.159 e. The fourth-order valence-corrected chi connectivity index (χ4v) is 7.26. The molecule has 1 aliphatic heterocycles. The molecule has 8 aromatic carbocycles. The molecule has 2 heterocycles. The molecule has 0 bridgehead atoms. The smallest absolute Gasteiger partial charge is 0.159 e. The first-order valence-corrected chi connectivity index (χ1v) is 16.6. The van der Waals surface area contributed by atoms with Gasteiger partial charge in [0.1, 0.15) is 23.2 Å². The first-order valence-electron chi connectivity index (χ1n) is 16.6. The maximum atomic E-state index is 6.20. The summed E-state index contributed by atoms with van der Waals surface area (Å²) >= 11 is 0. The van der Waals surface area contributed by atoms with E-state index in [2.05, 4.69) is 145 Å². The third-order valence-corrected chi connectivity index (χ3v) is 9.69. The maximum absolute atomic E-state index is 6.20. The lowest BCUT2D eigenvalue weighted by Gasteiger charge is -2.24. The number of amidine groups is 2. The number of hydrogen-bond donors (Lipinski definition) is 1. The zero-order valence-corrected chi connectivity index (χ0v) is 26.5. The van der Waals surface area contributed by atoms with Crippen molar-refractivity contribution in [2.45, 2.75) is 6.17 Å². The number of nitrogens with one attached hydrogen (secondary N) is 1. The minimum Gasteiger partial charge on any atom is -0.456 e. The Kier molecular flexibility index (Phi) is 6.21. The molecule has 1 aliphatic rings. The van der Waals surface area contributed by atoms with E-state index in [9.17, 15) is 0 Å². The second-order valence-electron chi connectivity index (χ2n) is 12.6. The second kappa shape index (κ2) is 11.0. The Morgan fingerprint density at radius 2 is 1.14 bits per heavy atom. The summed E-state index contributed by atoms with van der Waals surface area (Å²) in [7, 11) is 0. The van der Waals surface area contributed by atoms with E-state index in [0.29, 0.717) is 5.84 Å². The molecule has 230 valence electrons. The zero-order valence-electron chi connectivity index (χ0n) is 26.5. The first-order chi connectivity index (χ1) is 24.2. The standard InChI is InChI=1S/C45H29N3O/c1-2-10-30(11-3-1)43-46-44(48-45(47-43)34-23-24-37-31(25-34)21-19-29-9-4-5-12-36(29)37)33-22-18-28-17-20-32(26-35(28)27-33)38-14-8-16-41-42(38)39-13-6-7-15-40(39)49-41/h1-27,43H,(H,46,47,48). The summed E-state index contributed by atoms with van der Waals surface area (Å²) < 4.78 is 6.20. The SMILES string of the molecule is c1ccc(C2N=C(c3ccc4c(ccc5ccccc54)c3)N=C(c3ccc4ccc(-c5cccc6oc7ccccc7c56)cc4c3)N2)cc1. The van der Waals surface area contributed by atoms with E-state index in [4.69, 9.17) is 14.4 Å². The quantitative estimate of drug-likeness (QED) is 0.197. The van der Waals surface area contributed by atoms with Crippen LogP contribution in [0.25, 0.3) is 65.4 Å². The molecule has 0 aliphatic carbocycles. The summed E-state index contributed by atoms with van der Waals surface area (Å²) in [6.07, 6.45) is -0.273. The molecule has 1 N–H and O–H groups in total. The topological polar surface area (TPSA) is 49.9 Å². The lowest BCUT2D eigenvalue weighted by atomic mass is 9.96. The summed E-state index contributed by atoms with van der Waals surface area (Å²) in [5.74, 6) is 1.51. The van der Waals surface area contributed by atoms with Crippen LogP contribution in [0.2, 0.25) is 0 Å². The normalized spacial score (nSPS) is 14.7. The molecule has 1 aromatic heterocycles. The molecule has 1 unspecified atom stereocenters. The predicted molar refractivity (Wildman–Crippen MR) is 204 cm³/mol. The predicted octanol–water partition coefficient (Wildman–Crippen LogP) is 11.2. The summed E-state index contributed by atoms with van der Waals surface area (Å²) in [5.41, 5.74) is 7.19. The second-order valence-corrected chi connectivity index (χ2v) is 12.6. The molecule has 10 rings (SSSR count). The van der Waals surface area contributed by atoms with Gasteiger partial charge in [-0.1, -0.05) is 133 Å². The summed E-state index contributed by atoms with van der Waals surface area (Å²) in [6.45, 7) is 0. The molecular weight excluding hydrogens is 599 g/mol. The van der Waals surface area contributed by atoms with Crippen molar-refractivity contribution in [1.29, 1.82) is 0 Å². The number of benzene rings is 8. The Hall–Kier alpha value is -6.52. The van der Waals surface area contributed by atoms with Crippen molar-refractivity contribution in [2.75, 3.05) is 0 Å². The van der Waals surface area contributed by atoms with Gasteiger partial charge < -0.3 is 9.73 Å². The zero-order chi connectivity index (χ0) is 32.3. The van der Waals surface area contributed by atoms with Crippen LogP contribution in [0.5, 0.6) is 0 Å². The summed E-state index contributed by atoms with van der Waals surface area (Å²) in [6, 6.07) is 57.6. The summed E-state index contributed by atoms with van der Waals surface area (Å²) in [5, 5.41) is 13.1. The molecule has 1 atom stereocenters. The van der Waals surface area contributed by atoms with Crippen molar-refractivity contribution in [3.05, 3.63) is 180 Å². The fourth-order valence-electron chi connectivity index (χ4n) is 7.26. The van der Waals surface area contributed by atoms with E-state index in [1.54, 1.807) is 0 Å². The number of nitrogens with zero attached hydrogens (tertiary/aromatic N) is 2. The summed E-state index contributed by atoms with van der Waals surface area (Å²) in [4.78, 5) is 10.3. The minimum atomic E-state index is -0.273. The highest BCUT2D eigenvalue weighted by Gasteiger charge is 2.22. The van der Waals surface area contributed by atoms with Crippen molar-refractivity contribution in [3.63, 3.8) is 0 Å². The van der Waals surface area contributed by atoms with Crippen molar-refractivity contribution >= 4 is 65.9 Å². The first kappa shape index (κ1) is 27.6. The Bertz CT molecular complexity index is 2810. The molecule has 4 heteroatoms. The van der Waals surface area contributed by atoms with Gasteiger partial charge in [-0.2, -0.15) is 0 Å². The van der Waals surface area contributed by atoms with Crippen LogP contribution >= 0.6 is 0 Å². The Morgan fingerprint density at radius 3 is 2.06 bits per heavy atom. The number of hydrogen-bond acceptors (Lipinski definition) is 4. The van der Waals surface area contributed by atoms with Gasteiger partial charge in [0, 0.05) is 21.9 Å². The molecular formula is C45H29N3O. The fraction of sp³-hybridized carbons (Fsp3) is 0.0222. The van der Waals surface area contributed by atoms with E-state index < -0.39 is 0 Å². The van der Waals surface area contributed by atoms with Crippen LogP contribution in [0.15, 0.2) is 178 Å². The van der Waals surface area contributed by atoms with Gasteiger partial charge in [-0.3, -0.25) is 0 Å². The van der Waals surface area contributed by atoms with Crippen molar-refractivity contribution in [1.82, 2.24) is 5.32 Å². The van der Waals surface area contributed by atoms with E-state index in [1.165, 1.54) is 26.9 Å². The molecule has 0 amide bonds. The largest absolute Gasteiger partial charge is 0.456 e. The van der Waals surface area contributed by atoms with Crippen LogP contribution < -0.4 is 5.32 Å². The van der Waals surface area contributed by atoms with Gasteiger partial charge >= 0.3 is 0 Å². The van der Waals surface area contributed by atoms with Crippen molar-refractivity contribution < 1.29 is 4.42 Å². The molecule has 0 saturated heterocycles. The van der Waals surface area contributed by atoms with Crippen molar-refractivity contribution in [2.24, 2.45) is 9.98 Å². The van der Waals surface area contributed by atoms with Gasteiger partial charge in [-0.15, -0.1) is 0 Å². The number of aliphatic imine (C=N–C) groups is 2. The van der Waals surface area contributed by atoms with Gasteiger partial charge in [0.25, 0.3) is 0 Å². The average molecular weight is 628 g/mol. The van der Waals surface area contributed by atoms with E-state index in [1.807, 2.05) is 24.3 Å². The lowest BCUT2D eigenvalue weighted by molar-refractivity contribution is 0.669. The number of fused-ring (bicyclic) bond motifs is 7. The molecule has 0 spiro atoms. The van der Waals surface area contributed by atoms with Crippen LogP contribution in [0, 0.1) is 0 Å². The highest BCUT2D eigenvalue weighted by molar-refractivity contribution is 6.17. The Morgan fingerprint density at radius 1 is 0.469 bits per heavy atom. The van der Waals surface area contributed by atoms with E-state index >= 15 is 0 Å². The highest BCUT2D eigenvalue weighted by atomic mass is 16.3. The number of rotatable bonds is 4. The minimum absolute atomic E-state index is 0.273. The number of para-hydroxylation sites is 1. The molecule has 49 heavy (non-hydrogen) atoms. The monoisotopic (exact) mass is 627 g/mol. The van der Waals surface area contributed by atoms with Gasteiger partial charge in [-0.05, 0) is 79.3 Å². The molecule has 9 aromatic rings. The third kappa shape index (κ3) is 4.68. The third-order valence-electron chi connectivity index (χ3n) is 9.69. The van der Waals surface area contributed by atoms with Gasteiger partial charge in [0.05, 0.1) is 0 Å². The van der Waals surface area contributed by atoms with Crippen LogP contribution in [0.1, 0.15) is 22.9 Å². The number of furan rings is 1. The van der Waals surface area contributed by atoms with Gasteiger partial charge in [-0.25, -0.2) is 9.98 Å². The van der Waals surface area contributed by atoms with Crippen LogP contribution in [-0.4, -0.2) is 11.7 Å². The Labute approximate surface area is 282 Å². The van der Waals surface area contributed by atoms with Crippen LogP contribution in [0.4, 0.5) is 0 Å². The Balaban J connectivity index is 1.09. The van der Waals surface area contributed by atoms with E-state index in [-0.39, 0.29) is 6.17 Å². The van der Waals surface area contributed by atoms with Crippen molar-refractivity contribution in [3.8, 4) is 11.1 Å². The highest BCUT2D eigenvalue weighted by Crippen LogP contribution is 2.37. The molecule has 0 fully saturated rings. The molecule has 0 saturated carbocycles. The van der Waals surface area contributed by atoms with Crippen LogP contribution in [-0.2, 0) is 0 Å². The lowest BCUT2D eigenvalue weighted by Crippen LogP contribution is -2.33. The molecule has 4 nitrogen and oxygen atoms in total. The molecule has 0 radical (unpaired) electrons. The van der Waals surface area contributed by atoms with E-state index in [0.717, 1.165) is 61.0 Å². The van der Waals surface area contributed by atoms with Crippen LogP contribution in [0.3, 0.4) is 0 Å². The average Bonchev–Trinajstić information content (AvgIpc) is 3.56. The van der Waals surface area contributed by atoms with Gasteiger partial charge in [0.2, 0.25) is 0 Å². The van der Waals surface area contributed by atoms with Gasteiger partial charge in [0.15, 0.2) is 5.84 Å².